The highest BCUT2D eigenvalue weighted by molar-refractivity contribution is 7.21. The number of aromatic nitrogens is 1. The summed E-state index contributed by atoms with van der Waals surface area (Å²) in [4.78, 5) is 17.3. The van der Waals surface area contributed by atoms with Crippen LogP contribution in [0.25, 0.3) is 20.8 Å². The second kappa shape index (κ2) is 7.13. The predicted molar refractivity (Wildman–Crippen MR) is 104 cm³/mol. The van der Waals surface area contributed by atoms with Crippen molar-refractivity contribution in [1.29, 1.82) is 0 Å². The van der Waals surface area contributed by atoms with Gasteiger partial charge in [0, 0.05) is 17.5 Å². The lowest BCUT2D eigenvalue weighted by Gasteiger charge is -2.26. The fourth-order valence-corrected chi connectivity index (χ4v) is 4.49. The molecule has 1 saturated carbocycles. The van der Waals surface area contributed by atoms with Crippen LogP contribution in [0.3, 0.4) is 0 Å². The van der Waals surface area contributed by atoms with Crippen molar-refractivity contribution >= 4 is 33.1 Å². The Balaban J connectivity index is 1.65. The number of benzene rings is 2. The van der Waals surface area contributed by atoms with Gasteiger partial charge in [-0.15, -0.1) is 11.3 Å². The summed E-state index contributed by atoms with van der Waals surface area (Å²) < 4.78 is 14.9. The van der Waals surface area contributed by atoms with Gasteiger partial charge in [0.25, 0.3) is 0 Å². The number of fused-ring (bicyclic) bond motifs is 1. The van der Waals surface area contributed by atoms with Crippen molar-refractivity contribution < 1.29 is 9.18 Å². The molecular weight excluding hydrogens is 349 g/mol. The van der Waals surface area contributed by atoms with E-state index in [0.717, 1.165) is 29.5 Å². The van der Waals surface area contributed by atoms with E-state index in [1.54, 1.807) is 6.07 Å². The van der Waals surface area contributed by atoms with E-state index in [2.05, 4.69) is 10.3 Å². The van der Waals surface area contributed by atoms with E-state index in [1.165, 1.54) is 23.5 Å². The monoisotopic (exact) mass is 369 g/mol. The lowest BCUT2D eigenvalue weighted by molar-refractivity contribution is -0.120. The maximum absolute atomic E-state index is 13.9. The number of para-hydroxylation sites is 1. The molecule has 134 valence electrons. The van der Waals surface area contributed by atoms with Crippen molar-refractivity contribution in [3.63, 3.8) is 0 Å². The molecule has 26 heavy (non-hydrogen) atoms. The molecule has 1 amide bonds. The molecule has 2 aromatic carbocycles. The summed E-state index contributed by atoms with van der Waals surface area (Å²) in [5.74, 6) is -0.488. The standard InChI is InChI=1S/C20H20FN3OS/c21-13-8-9-16(23-19(25)12-4-3-5-14(22)10-12)15(11-13)20-24-17-6-1-2-7-18(17)26-20/h1-2,6-9,11-12,14H,3-5,10,22H2,(H,23,25). The maximum Gasteiger partial charge on any atom is 0.227 e. The summed E-state index contributed by atoms with van der Waals surface area (Å²) in [6, 6.07) is 12.3. The lowest BCUT2D eigenvalue weighted by atomic mass is 9.85. The van der Waals surface area contributed by atoms with Crippen LogP contribution < -0.4 is 11.1 Å². The van der Waals surface area contributed by atoms with E-state index in [-0.39, 0.29) is 23.7 Å². The van der Waals surface area contributed by atoms with Gasteiger partial charge in [-0.05, 0) is 49.6 Å². The maximum atomic E-state index is 13.9. The Morgan fingerprint density at radius 1 is 1.23 bits per heavy atom. The van der Waals surface area contributed by atoms with Gasteiger partial charge in [-0.3, -0.25) is 4.79 Å². The van der Waals surface area contributed by atoms with Gasteiger partial charge in [0.15, 0.2) is 0 Å². The number of hydrogen-bond acceptors (Lipinski definition) is 4. The van der Waals surface area contributed by atoms with Crippen LogP contribution in [-0.4, -0.2) is 16.9 Å². The van der Waals surface area contributed by atoms with Gasteiger partial charge in [0.2, 0.25) is 5.91 Å². The number of carbonyl (C=O) groups excluding carboxylic acids is 1. The number of halogens is 1. The molecule has 1 aliphatic carbocycles. The van der Waals surface area contributed by atoms with Crippen LogP contribution in [0, 0.1) is 11.7 Å². The fourth-order valence-electron chi connectivity index (χ4n) is 3.49. The van der Waals surface area contributed by atoms with Gasteiger partial charge in [-0.2, -0.15) is 0 Å². The van der Waals surface area contributed by atoms with E-state index in [1.807, 2.05) is 24.3 Å². The number of hydrogen-bond donors (Lipinski definition) is 2. The average molecular weight is 369 g/mol. The highest BCUT2D eigenvalue weighted by atomic mass is 32.1. The normalized spacial score (nSPS) is 20.2. The minimum Gasteiger partial charge on any atom is -0.328 e. The van der Waals surface area contributed by atoms with Crippen LogP contribution in [0.5, 0.6) is 0 Å². The molecule has 0 bridgehead atoms. The first kappa shape index (κ1) is 17.1. The Kier molecular flexibility index (Phi) is 4.70. The number of anilines is 1. The van der Waals surface area contributed by atoms with Crippen LogP contribution in [0.15, 0.2) is 42.5 Å². The van der Waals surface area contributed by atoms with Gasteiger partial charge in [0.1, 0.15) is 10.8 Å². The van der Waals surface area contributed by atoms with E-state index in [9.17, 15) is 9.18 Å². The zero-order valence-electron chi connectivity index (χ0n) is 14.2. The number of nitrogens with zero attached hydrogens (tertiary/aromatic N) is 1. The number of amides is 1. The number of rotatable bonds is 3. The number of carbonyl (C=O) groups is 1. The Hall–Kier alpha value is -2.31. The lowest BCUT2D eigenvalue weighted by Crippen LogP contribution is -2.34. The Bertz CT molecular complexity index is 922. The average Bonchev–Trinajstić information content (AvgIpc) is 3.07. The minimum absolute atomic E-state index is 0.0471. The molecule has 1 aliphatic rings. The zero-order chi connectivity index (χ0) is 18.1. The van der Waals surface area contributed by atoms with Gasteiger partial charge in [0.05, 0.1) is 15.9 Å². The molecule has 4 rings (SSSR count). The highest BCUT2D eigenvalue weighted by Gasteiger charge is 2.26. The molecule has 2 unspecified atom stereocenters. The van der Waals surface area contributed by atoms with E-state index >= 15 is 0 Å². The van der Waals surface area contributed by atoms with Crippen molar-refractivity contribution in [2.75, 3.05) is 5.32 Å². The van der Waals surface area contributed by atoms with E-state index < -0.39 is 0 Å². The fraction of sp³-hybridized carbons (Fsp3) is 0.300. The summed E-state index contributed by atoms with van der Waals surface area (Å²) >= 11 is 1.49. The summed E-state index contributed by atoms with van der Waals surface area (Å²) in [7, 11) is 0. The van der Waals surface area contributed by atoms with Crippen LogP contribution >= 0.6 is 11.3 Å². The summed E-state index contributed by atoms with van der Waals surface area (Å²) in [5.41, 5.74) is 8.07. The zero-order valence-corrected chi connectivity index (χ0v) is 15.1. The Morgan fingerprint density at radius 3 is 2.88 bits per heavy atom. The van der Waals surface area contributed by atoms with Crippen molar-refractivity contribution in [1.82, 2.24) is 4.98 Å². The van der Waals surface area contributed by atoms with Crippen molar-refractivity contribution in [2.24, 2.45) is 11.7 Å². The largest absolute Gasteiger partial charge is 0.328 e. The third-order valence-electron chi connectivity index (χ3n) is 4.85. The molecule has 3 aromatic rings. The second-order valence-electron chi connectivity index (χ2n) is 6.79. The van der Waals surface area contributed by atoms with Crippen LogP contribution in [0.4, 0.5) is 10.1 Å². The van der Waals surface area contributed by atoms with Gasteiger partial charge < -0.3 is 11.1 Å². The van der Waals surface area contributed by atoms with Crippen LogP contribution in [0.1, 0.15) is 25.7 Å². The molecule has 2 atom stereocenters. The second-order valence-corrected chi connectivity index (χ2v) is 7.82. The van der Waals surface area contributed by atoms with Crippen LogP contribution in [0.2, 0.25) is 0 Å². The van der Waals surface area contributed by atoms with Crippen LogP contribution in [-0.2, 0) is 4.79 Å². The van der Waals surface area contributed by atoms with Gasteiger partial charge in [-0.1, -0.05) is 18.6 Å². The predicted octanol–water partition coefficient (Wildman–Crippen LogP) is 4.56. The first-order valence-electron chi connectivity index (χ1n) is 8.82. The molecule has 0 radical (unpaired) electrons. The van der Waals surface area contributed by atoms with Gasteiger partial charge >= 0.3 is 0 Å². The molecular formula is C20H20FN3OS. The molecule has 0 spiro atoms. The smallest absolute Gasteiger partial charge is 0.227 e. The van der Waals surface area contributed by atoms with Crippen molar-refractivity contribution in [2.45, 2.75) is 31.7 Å². The Morgan fingerprint density at radius 2 is 2.08 bits per heavy atom. The molecule has 6 heteroatoms. The third kappa shape index (κ3) is 3.48. The molecule has 1 heterocycles. The van der Waals surface area contributed by atoms with Gasteiger partial charge in [-0.25, -0.2) is 9.37 Å². The van der Waals surface area contributed by atoms with E-state index in [0.29, 0.717) is 22.7 Å². The highest BCUT2D eigenvalue weighted by Crippen LogP contribution is 2.35. The summed E-state index contributed by atoms with van der Waals surface area (Å²) in [6.45, 7) is 0. The third-order valence-corrected chi connectivity index (χ3v) is 5.92. The van der Waals surface area contributed by atoms with Crippen molar-refractivity contribution in [3.8, 4) is 10.6 Å². The first-order valence-corrected chi connectivity index (χ1v) is 9.64. The van der Waals surface area contributed by atoms with E-state index in [4.69, 9.17) is 5.73 Å². The topological polar surface area (TPSA) is 68.0 Å². The molecule has 1 aromatic heterocycles. The van der Waals surface area contributed by atoms with Crippen molar-refractivity contribution in [3.05, 3.63) is 48.3 Å². The molecule has 4 nitrogen and oxygen atoms in total. The summed E-state index contributed by atoms with van der Waals surface area (Å²) in [5, 5.41) is 3.67. The number of thiazole rings is 1. The quantitative estimate of drug-likeness (QED) is 0.711. The minimum atomic E-state index is -0.350. The molecule has 0 saturated heterocycles. The molecule has 3 N–H and O–H groups in total. The molecule has 1 fully saturated rings. The first-order chi connectivity index (χ1) is 12.6. The Labute approximate surface area is 155 Å². The SMILES string of the molecule is NC1CCCC(C(=O)Nc2ccc(F)cc2-c2nc3ccccc3s2)C1. The summed E-state index contributed by atoms with van der Waals surface area (Å²) in [6.07, 6.45) is 3.48. The molecule has 0 aliphatic heterocycles. The number of nitrogens with two attached hydrogens (primary N) is 1. The number of nitrogens with one attached hydrogen (secondary N) is 1.